The van der Waals surface area contributed by atoms with Crippen molar-refractivity contribution in [3.63, 3.8) is 0 Å². The fourth-order valence-electron chi connectivity index (χ4n) is 1.24. The SMILES string of the molecule is C[C@H](NC[C@@H](C)O)c1cccc(Cl)c1. The Hall–Kier alpha value is -0.570. The van der Waals surface area contributed by atoms with Crippen LogP contribution in [0.4, 0.5) is 0 Å². The molecule has 0 aromatic heterocycles. The number of aliphatic hydroxyl groups excluding tert-OH is 1. The van der Waals surface area contributed by atoms with E-state index in [1.165, 1.54) is 0 Å². The highest BCUT2D eigenvalue weighted by atomic mass is 35.5. The number of aliphatic hydroxyl groups is 1. The van der Waals surface area contributed by atoms with Gasteiger partial charge >= 0.3 is 0 Å². The van der Waals surface area contributed by atoms with Crippen LogP contribution in [0.3, 0.4) is 0 Å². The van der Waals surface area contributed by atoms with Gasteiger partial charge in [0.05, 0.1) is 6.10 Å². The van der Waals surface area contributed by atoms with E-state index < -0.39 is 0 Å². The van der Waals surface area contributed by atoms with Crippen LogP contribution >= 0.6 is 11.6 Å². The first-order chi connectivity index (χ1) is 6.59. The number of benzene rings is 1. The van der Waals surface area contributed by atoms with Gasteiger partial charge in [-0.1, -0.05) is 23.7 Å². The van der Waals surface area contributed by atoms with Crippen molar-refractivity contribution in [2.24, 2.45) is 0 Å². The van der Waals surface area contributed by atoms with Gasteiger partial charge in [-0.2, -0.15) is 0 Å². The van der Waals surface area contributed by atoms with Crippen molar-refractivity contribution in [1.82, 2.24) is 5.32 Å². The predicted molar refractivity (Wildman–Crippen MR) is 59.6 cm³/mol. The quantitative estimate of drug-likeness (QED) is 0.805. The summed E-state index contributed by atoms with van der Waals surface area (Å²) in [6.45, 7) is 4.40. The Kier molecular flexibility index (Phi) is 4.39. The van der Waals surface area contributed by atoms with Gasteiger partial charge in [0.2, 0.25) is 0 Å². The Morgan fingerprint density at radius 2 is 2.14 bits per heavy atom. The molecular weight excluding hydrogens is 198 g/mol. The Morgan fingerprint density at radius 3 is 2.71 bits per heavy atom. The van der Waals surface area contributed by atoms with E-state index in [-0.39, 0.29) is 12.1 Å². The molecule has 1 aromatic carbocycles. The van der Waals surface area contributed by atoms with Gasteiger partial charge in [0.25, 0.3) is 0 Å². The molecule has 0 aliphatic heterocycles. The number of hydrogen-bond donors (Lipinski definition) is 2. The lowest BCUT2D eigenvalue weighted by Gasteiger charge is -2.15. The van der Waals surface area contributed by atoms with Gasteiger partial charge in [0, 0.05) is 17.6 Å². The van der Waals surface area contributed by atoms with Gasteiger partial charge in [0.1, 0.15) is 0 Å². The van der Waals surface area contributed by atoms with E-state index in [4.69, 9.17) is 16.7 Å². The summed E-state index contributed by atoms with van der Waals surface area (Å²) in [4.78, 5) is 0. The zero-order valence-electron chi connectivity index (χ0n) is 8.50. The summed E-state index contributed by atoms with van der Waals surface area (Å²) in [5.74, 6) is 0. The van der Waals surface area contributed by atoms with Crippen LogP contribution in [0.2, 0.25) is 5.02 Å². The largest absolute Gasteiger partial charge is 0.392 e. The van der Waals surface area contributed by atoms with Crippen LogP contribution in [0.5, 0.6) is 0 Å². The van der Waals surface area contributed by atoms with Gasteiger partial charge < -0.3 is 10.4 Å². The summed E-state index contributed by atoms with van der Waals surface area (Å²) in [5, 5.41) is 13.1. The first-order valence-corrected chi connectivity index (χ1v) is 5.14. The molecule has 0 aliphatic carbocycles. The Balaban J connectivity index is 2.56. The molecule has 0 bridgehead atoms. The molecule has 0 spiro atoms. The predicted octanol–water partition coefficient (Wildman–Crippen LogP) is 2.37. The first-order valence-electron chi connectivity index (χ1n) is 4.76. The molecule has 0 fully saturated rings. The second kappa shape index (κ2) is 5.35. The van der Waals surface area contributed by atoms with E-state index in [9.17, 15) is 0 Å². The van der Waals surface area contributed by atoms with Gasteiger partial charge in [-0.25, -0.2) is 0 Å². The fraction of sp³-hybridized carbons (Fsp3) is 0.455. The normalized spacial score (nSPS) is 15.1. The van der Waals surface area contributed by atoms with E-state index in [2.05, 4.69) is 5.32 Å². The summed E-state index contributed by atoms with van der Waals surface area (Å²) in [5.41, 5.74) is 1.14. The number of nitrogens with one attached hydrogen (secondary N) is 1. The standard InChI is InChI=1S/C11H16ClNO/c1-8(14)7-13-9(2)10-4-3-5-11(12)6-10/h3-6,8-9,13-14H,7H2,1-2H3/t8-,9+/m1/s1. The average Bonchev–Trinajstić information content (AvgIpc) is 2.14. The minimum absolute atomic E-state index is 0.211. The second-order valence-corrected chi connectivity index (χ2v) is 3.97. The molecule has 1 rings (SSSR count). The molecule has 3 heteroatoms. The monoisotopic (exact) mass is 213 g/mol. The molecule has 0 saturated carbocycles. The van der Waals surface area contributed by atoms with E-state index in [0.29, 0.717) is 6.54 Å². The van der Waals surface area contributed by atoms with Gasteiger partial charge in [-0.15, -0.1) is 0 Å². The maximum Gasteiger partial charge on any atom is 0.0636 e. The molecule has 0 heterocycles. The molecular formula is C11H16ClNO. The first kappa shape index (κ1) is 11.5. The molecule has 1 aromatic rings. The third-order valence-corrected chi connectivity index (χ3v) is 2.30. The highest BCUT2D eigenvalue weighted by molar-refractivity contribution is 6.30. The summed E-state index contributed by atoms with van der Waals surface area (Å²) in [7, 11) is 0. The van der Waals surface area contributed by atoms with E-state index in [0.717, 1.165) is 10.6 Å². The van der Waals surface area contributed by atoms with Crippen LogP contribution in [-0.4, -0.2) is 17.8 Å². The molecule has 0 radical (unpaired) electrons. The minimum atomic E-state index is -0.323. The minimum Gasteiger partial charge on any atom is -0.392 e. The summed E-state index contributed by atoms with van der Waals surface area (Å²) < 4.78 is 0. The Labute approximate surface area is 89.9 Å². The molecule has 0 saturated heterocycles. The number of hydrogen-bond acceptors (Lipinski definition) is 2. The van der Waals surface area contributed by atoms with Crippen LogP contribution in [-0.2, 0) is 0 Å². The van der Waals surface area contributed by atoms with E-state index in [1.54, 1.807) is 6.92 Å². The van der Waals surface area contributed by atoms with Crippen molar-refractivity contribution < 1.29 is 5.11 Å². The van der Waals surface area contributed by atoms with E-state index in [1.807, 2.05) is 31.2 Å². The van der Waals surface area contributed by atoms with Crippen molar-refractivity contribution >= 4 is 11.6 Å². The zero-order valence-corrected chi connectivity index (χ0v) is 9.25. The summed E-state index contributed by atoms with van der Waals surface area (Å²) in [6.07, 6.45) is -0.323. The molecule has 2 atom stereocenters. The van der Waals surface area contributed by atoms with Crippen molar-refractivity contribution in [3.05, 3.63) is 34.9 Å². The molecule has 2 N–H and O–H groups in total. The summed E-state index contributed by atoms with van der Waals surface area (Å²) >= 11 is 5.87. The van der Waals surface area contributed by atoms with Crippen LogP contribution in [0.25, 0.3) is 0 Å². The third kappa shape index (κ3) is 3.66. The highest BCUT2D eigenvalue weighted by Crippen LogP contribution is 2.16. The fourth-order valence-corrected chi connectivity index (χ4v) is 1.44. The molecule has 14 heavy (non-hydrogen) atoms. The lowest BCUT2D eigenvalue weighted by Crippen LogP contribution is -2.27. The van der Waals surface area contributed by atoms with Crippen molar-refractivity contribution in [2.45, 2.75) is 26.0 Å². The maximum atomic E-state index is 9.11. The molecule has 0 unspecified atom stereocenters. The lowest BCUT2D eigenvalue weighted by atomic mass is 10.1. The highest BCUT2D eigenvalue weighted by Gasteiger charge is 2.05. The topological polar surface area (TPSA) is 32.3 Å². The second-order valence-electron chi connectivity index (χ2n) is 3.53. The maximum absolute atomic E-state index is 9.11. The van der Waals surface area contributed by atoms with E-state index >= 15 is 0 Å². The van der Waals surface area contributed by atoms with Crippen LogP contribution in [0.1, 0.15) is 25.5 Å². The molecule has 78 valence electrons. The Bertz CT molecular complexity index is 288. The Morgan fingerprint density at radius 1 is 1.43 bits per heavy atom. The van der Waals surface area contributed by atoms with Crippen molar-refractivity contribution in [2.75, 3.05) is 6.54 Å². The molecule has 2 nitrogen and oxygen atoms in total. The number of halogens is 1. The van der Waals surface area contributed by atoms with Crippen molar-refractivity contribution in [1.29, 1.82) is 0 Å². The molecule has 0 amide bonds. The van der Waals surface area contributed by atoms with Crippen LogP contribution < -0.4 is 5.32 Å². The number of rotatable bonds is 4. The molecule has 0 aliphatic rings. The van der Waals surface area contributed by atoms with Gasteiger partial charge in [-0.3, -0.25) is 0 Å². The average molecular weight is 214 g/mol. The van der Waals surface area contributed by atoms with Crippen molar-refractivity contribution in [3.8, 4) is 0 Å². The summed E-state index contributed by atoms with van der Waals surface area (Å²) in [6, 6.07) is 7.95. The van der Waals surface area contributed by atoms with Crippen LogP contribution in [0.15, 0.2) is 24.3 Å². The van der Waals surface area contributed by atoms with Crippen LogP contribution in [0, 0.1) is 0 Å². The zero-order chi connectivity index (χ0) is 10.6. The smallest absolute Gasteiger partial charge is 0.0636 e. The third-order valence-electron chi connectivity index (χ3n) is 2.07. The lowest BCUT2D eigenvalue weighted by molar-refractivity contribution is 0.187. The van der Waals surface area contributed by atoms with Gasteiger partial charge in [0.15, 0.2) is 0 Å². The van der Waals surface area contributed by atoms with Gasteiger partial charge in [-0.05, 0) is 31.5 Å².